The molecule has 3 N–H and O–H groups in total. The third kappa shape index (κ3) is 10.6. The fourth-order valence-corrected chi connectivity index (χ4v) is 5.97. The first-order valence-corrected chi connectivity index (χ1v) is 18.0. The van der Waals surface area contributed by atoms with Crippen molar-refractivity contribution >= 4 is 38.9 Å². The lowest BCUT2D eigenvalue weighted by molar-refractivity contribution is -0.143. The summed E-state index contributed by atoms with van der Waals surface area (Å²) in [5.41, 5.74) is -2.71. The van der Waals surface area contributed by atoms with Crippen LogP contribution in [-0.4, -0.2) is 41.6 Å². The van der Waals surface area contributed by atoms with Crippen molar-refractivity contribution in [3.8, 4) is 22.0 Å². The number of carbonyl (C=O) groups excluding carboxylic acids is 1. The highest BCUT2D eigenvalue weighted by atomic mass is 32.2. The van der Waals surface area contributed by atoms with Gasteiger partial charge >= 0.3 is 18.3 Å². The number of carboxylic acids is 1. The first-order chi connectivity index (χ1) is 24.9. The van der Waals surface area contributed by atoms with E-state index < -0.39 is 85.9 Å². The Morgan fingerprint density at radius 2 is 1.43 bits per heavy atom. The van der Waals surface area contributed by atoms with Crippen LogP contribution in [0.4, 0.5) is 40.8 Å². The summed E-state index contributed by atoms with van der Waals surface area (Å²) < 4.78 is 134. The molecule has 0 radical (unpaired) electrons. The van der Waals surface area contributed by atoms with Gasteiger partial charge in [-0.05, 0) is 60.4 Å². The number of hydrogen-bond acceptors (Lipinski definition) is 8. The zero-order valence-electron chi connectivity index (χ0n) is 28.2. The maximum absolute atomic E-state index is 14.3. The van der Waals surface area contributed by atoms with Gasteiger partial charge in [-0.15, -0.1) is 11.3 Å². The van der Waals surface area contributed by atoms with Gasteiger partial charge < -0.3 is 14.8 Å². The molecule has 0 bridgehead atoms. The van der Waals surface area contributed by atoms with Gasteiger partial charge in [0.2, 0.25) is 15.9 Å². The Morgan fingerprint density at radius 1 is 0.833 bits per heavy atom. The number of anilines is 1. The molecule has 1 amide bonds. The largest absolute Gasteiger partial charge is 0.476 e. The van der Waals surface area contributed by atoms with Gasteiger partial charge in [-0.1, -0.05) is 32.0 Å². The molecule has 0 saturated heterocycles. The van der Waals surface area contributed by atoms with Crippen molar-refractivity contribution in [1.29, 1.82) is 0 Å². The number of thiazole rings is 1. The summed E-state index contributed by atoms with van der Waals surface area (Å²) >= 11 is 1.33. The zero-order chi connectivity index (χ0) is 40.3. The van der Waals surface area contributed by atoms with Crippen LogP contribution in [0.3, 0.4) is 0 Å². The van der Waals surface area contributed by atoms with Gasteiger partial charge in [-0.2, -0.15) is 26.3 Å². The van der Waals surface area contributed by atoms with E-state index >= 15 is 0 Å². The van der Waals surface area contributed by atoms with Crippen LogP contribution in [0, 0.1) is 11.6 Å². The third-order valence-electron chi connectivity index (χ3n) is 7.29. The Labute approximate surface area is 305 Å². The fourth-order valence-electron chi connectivity index (χ4n) is 4.60. The second kappa shape index (κ2) is 15.9. The molecule has 1 unspecified atom stereocenters. The number of benzene rings is 3. The molecule has 0 spiro atoms. The number of sulfonamides is 1. The van der Waals surface area contributed by atoms with Gasteiger partial charge in [0.15, 0.2) is 17.3 Å². The first kappa shape index (κ1) is 41.4. The summed E-state index contributed by atoms with van der Waals surface area (Å²) in [7, 11) is -3.85. The topological polar surface area (TPSA) is 151 Å². The smallest absolute Gasteiger partial charge is 0.416 e. The molecule has 10 nitrogen and oxygen atoms in total. The molecule has 0 aliphatic rings. The number of nitrogens with zero attached hydrogens (tertiary/aromatic N) is 2. The van der Waals surface area contributed by atoms with E-state index in [-0.39, 0.29) is 17.3 Å². The minimum absolute atomic E-state index is 0.0510. The number of alkyl halides is 6. The summed E-state index contributed by atoms with van der Waals surface area (Å²) in [6.07, 6.45) is -8.62. The lowest BCUT2D eigenvalue weighted by Crippen LogP contribution is -2.27. The highest BCUT2D eigenvalue weighted by Crippen LogP contribution is 2.38. The van der Waals surface area contributed by atoms with Crippen molar-refractivity contribution in [3.05, 3.63) is 112 Å². The van der Waals surface area contributed by atoms with Crippen LogP contribution < -0.4 is 10.0 Å². The molecular weight excluding hydrogens is 777 g/mol. The van der Waals surface area contributed by atoms with Crippen molar-refractivity contribution < 1.29 is 62.7 Å². The minimum Gasteiger partial charge on any atom is -0.476 e. The molecule has 5 rings (SSSR count). The van der Waals surface area contributed by atoms with E-state index in [2.05, 4.69) is 33.5 Å². The average molecular weight is 805 g/mol. The van der Waals surface area contributed by atoms with Crippen LogP contribution in [0.1, 0.15) is 76.0 Å². The van der Waals surface area contributed by atoms with E-state index in [1.54, 1.807) is 17.0 Å². The van der Waals surface area contributed by atoms with Gasteiger partial charge in [-0.25, -0.2) is 32.0 Å². The molecule has 3 aromatic carbocycles. The highest BCUT2D eigenvalue weighted by Gasteiger charge is 2.37. The second-order valence-electron chi connectivity index (χ2n) is 11.9. The lowest BCUT2D eigenvalue weighted by Gasteiger charge is -2.15. The molecular formula is C34H28F8N4O6S2. The highest BCUT2D eigenvalue weighted by molar-refractivity contribution is 7.92. The normalized spacial score (nSPS) is 12.5. The Morgan fingerprint density at radius 3 is 1.93 bits per heavy atom. The van der Waals surface area contributed by atoms with Crippen molar-refractivity contribution in [3.63, 3.8) is 0 Å². The SMILES string of the molecule is CC(C)c1cccc(-c2nc(C(=O)NC(C)c3cc(F)c(NS(C)(=O)=O)c(F)c3)cs2)c1.O=C(O)c1coc(-c2cc(C(F)(F)F)cc(C(F)(F)F)c2)n1. The fraction of sp³-hybridized carbons (Fsp3) is 0.235. The van der Waals surface area contributed by atoms with Gasteiger partial charge in [0.25, 0.3) is 5.91 Å². The van der Waals surface area contributed by atoms with Crippen LogP contribution in [0.25, 0.3) is 22.0 Å². The van der Waals surface area contributed by atoms with Crippen LogP contribution in [0.2, 0.25) is 0 Å². The molecule has 0 saturated carbocycles. The van der Waals surface area contributed by atoms with E-state index in [1.807, 2.05) is 24.3 Å². The summed E-state index contributed by atoms with van der Waals surface area (Å²) in [5, 5.41) is 13.6. The first-order valence-electron chi connectivity index (χ1n) is 15.2. The number of aromatic carboxylic acids is 1. The maximum Gasteiger partial charge on any atom is 0.416 e. The summed E-state index contributed by atoms with van der Waals surface area (Å²) in [5.74, 6) is -4.47. The molecule has 0 aliphatic heterocycles. The van der Waals surface area contributed by atoms with Gasteiger partial charge in [0.05, 0.1) is 23.4 Å². The van der Waals surface area contributed by atoms with E-state index in [4.69, 9.17) is 5.11 Å². The van der Waals surface area contributed by atoms with Gasteiger partial charge in [0, 0.05) is 16.5 Å². The Kier molecular flexibility index (Phi) is 12.2. The number of rotatable bonds is 9. The van der Waals surface area contributed by atoms with E-state index in [0.29, 0.717) is 29.3 Å². The number of halogens is 8. The number of carbonyl (C=O) groups is 2. The Hall–Kier alpha value is -5.37. The predicted molar refractivity (Wildman–Crippen MR) is 181 cm³/mol. The predicted octanol–water partition coefficient (Wildman–Crippen LogP) is 9.15. The van der Waals surface area contributed by atoms with Crippen LogP contribution >= 0.6 is 11.3 Å². The van der Waals surface area contributed by atoms with Gasteiger partial charge in [0.1, 0.15) is 22.7 Å². The number of amides is 1. The molecule has 54 heavy (non-hydrogen) atoms. The number of hydrogen-bond donors (Lipinski definition) is 3. The molecule has 2 aromatic heterocycles. The molecule has 1 atom stereocenters. The van der Waals surface area contributed by atoms with Gasteiger partial charge in [-0.3, -0.25) is 9.52 Å². The van der Waals surface area contributed by atoms with Crippen LogP contribution in [-0.2, 0) is 22.4 Å². The standard InChI is InChI=1S/C22H23F2N3O3S2.C12H5F6NO3/c1-12(2)14-6-5-7-15(8-14)22-26-19(11-31-22)21(28)25-13(3)16-9-17(23)20(18(24)10-16)27-32(4,29)30;13-11(14,15)6-1-5(2-7(3-6)12(16,17)18)9-19-8(4-22-9)10(20)21/h5-13,27H,1-4H3,(H,25,28);1-4H,(H,20,21). The average Bonchev–Trinajstić information content (AvgIpc) is 3.77. The zero-order valence-corrected chi connectivity index (χ0v) is 29.9. The van der Waals surface area contributed by atoms with E-state index in [9.17, 15) is 53.1 Å². The molecule has 0 fully saturated rings. The number of nitrogens with one attached hydrogen (secondary N) is 2. The summed E-state index contributed by atoms with van der Waals surface area (Å²) in [6, 6.07) is 9.89. The Bertz CT molecular complexity index is 2230. The molecule has 5 aromatic rings. The number of oxazole rings is 1. The molecule has 0 aliphatic carbocycles. The van der Waals surface area contributed by atoms with Crippen molar-refractivity contribution in [1.82, 2.24) is 15.3 Å². The van der Waals surface area contributed by atoms with Crippen molar-refractivity contribution in [2.45, 2.75) is 45.1 Å². The minimum atomic E-state index is -5.02. The maximum atomic E-state index is 14.3. The van der Waals surface area contributed by atoms with Crippen molar-refractivity contribution in [2.75, 3.05) is 11.0 Å². The summed E-state index contributed by atoms with van der Waals surface area (Å²) in [4.78, 5) is 31.0. The van der Waals surface area contributed by atoms with E-state index in [0.717, 1.165) is 29.5 Å². The van der Waals surface area contributed by atoms with Crippen LogP contribution in [0.15, 0.2) is 70.7 Å². The quantitative estimate of drug-likeness (QED) is 0.125. The molecule has 2 heterocycles. The monoisotopic (exact) mass is 804 g/mol. The van der Waals surface area contributed by atoms with Crippen molar-refractivity contribution in [2.24, 2.45) is 0 Å². The third-order valence-corrected chi connectivity index (χ3v) is 8.76. The number of aromatic nitrogens is 2. The Balaban J connectivity index is 0.000000258. The van der Waals surface area contributed by atoms with E-state index in [1.165, 1.54) is 11.3 Å². The molecule has 20 heteroatoms. The lowest BCUT2D eigenvalue weighted by atomic mass is 10.0. The van der Waals surface area contributed by atoms with Crippen LogP contribution in [0.5, 0.6) is 0 Å². The molecule has 288 valence electrons. The second-order valence-corrected chi connectivity index (χ2v) is 14.5. The number of carboxylic acid groups (broad SMARTS) is 1. The summed E-state index contributed by atoms with van der Waals surface area (Å²) in [6.45, 7) is 5.75.